The van der Waals surface area contributed by atoms with Gasteiger partial charge in [0.05, 0.1) is 13.2 Å². The van der Waals surface area contributed by atoms with E-state index in [1.807, 2.05) is 0 Å². The van der Waals surface area contributed by atoms with Crippen LogP contribution in [0.4, 0.5) is 0 Å². The monoisotopic (exact) mass is 457 g/mol. The number of hydrogen-bond donors (Lipinski definition) is 6. The van der Waals surface area contributed by atoms with Gasteiger partial charge in [0, 0.05) is 6.54 Å². The first-order valence-corrected chi connectivity index (χ1v) is 11.0. The third kappa shape index (κ3) is 7.58. The maximum absolute atomic E-state index is 8.96. The standard InChI is InChI=1S/C20H21N.C6H14O6/c1-21(2)15-7-12-20-18-10-5-3-8-16(18)13-14-17-9-4-6-11-19(17)20;7-1-3(9)5(11)6(12)4(10)2-8/h3-6,8-14H,7,15H2,1-2H3;3-12H,1-2H2/t;3-,4-,5-,6-/m.1/s1. The molecule has 0 saturated heterocycles. The van der Waals surface area contributed by atoms with Crippen molar-refractivity contribution in [2.24, 2.45) is 0 Å². The van der Waals surface area contributed by atoms with Gasteiger partial charge in [-0.3, -0.25) is 0 Å². The molecule has 7 nitrogen and oxygen atoms in total. The second-order valence-electron chi connectivity index (χ2n) is 8.20. The molecule has 4 atom stereocenters. The van der Waals surface area contributed by atoms with Crippen molar-refractivity contribution in [2.45, 2.75) is 30.8 Å². The molecule has 0 heterocycles. The highest BCUT2D eigenvalue weighted by Crippen LogP contribution is 2.33. The fourth-order valence-corrected chi connectivity index (χ4v) is 3.46. The molecule has 1 aliphatic carbocycles. The summed E-state index contributed by atoms with van der Waals surface area (Å²) in [5.41, 5.74) is 6.61. The highest BCUT2D eigenvalue weighted by molar-refractivity contribution is 5.93. The quantitative estimate of drug-likeness (QED) is 0.298. The van der Waals surface area contributed by atoms with Gasteiger partial charge in [0.1, 0.15) is 24.4 Å². The summed E-state index contributed by atoms with van der Waals surface area (Å²) in [6.07, 6.45) is 1.49. The summed E-state index contributed by atoms with van der Waals surface area (Å²) < 4.78 is 0. The van der Waals surface area contributed by atoms with Crippen LogP contribution >= 0.6 is 0 Å². The molecule has 180 valence electrons. The van der Waals surface area contributed by atoms with Gasteiger partial charge in [0.25, 0.3) is 0 Å². The lowest BCUT2D eigenvalue weighted by Gasteiger charge is -2.24. The van der Waals surface area contributed by atoms with Crippen molar-refractivity contribution in [2.75, 3.05) is 33.9 Å². The molecule has 0 aromatic heterocycles. The van der Waals surface area contributed by atoms with Crippen LogP contribution in [0.5, 0.6) is 0 Å². The molecule has 0 spiro atoms. The van der Waals surface area contributed by atoms with E-state index < -0.39 is 37.6 Å². The zero-order chi connectivity index (χ0) is 24.4. The average Bonchev–Trinajstić information content (AvgIpc) is 2.99. The lowest BCUT2D eigenvalue weighted by atomic mass is 9.93. The maximum Gasteiger partial charge on any atom is 0.111 e. The SMILES string of the molecule is CN(C)CCC=C1c2ccccc2C=Cc2ccccc21.OC[C@@H](O)[C@@H](O)[C@H](O)[C@H](O)CO. The van der Waals surface area contributed by atoms with Crippen molar-refractivity contribution >= 4 is 17.7 Å². The van der Waals surface area contributed by atoms with Crippen molar-refractivity contribution in [1.82, 2.24) is 4.90 Å². The van der Waals surface area contributed by atoms with Crippen molar-refractivity contribution in [3.8, 4) is 0 Å². The molecular formula is C26H35NO6. The van der Waals surface area contributed by atoms with Crippen molar-refractivity contribution in [3.63, 3.8) is 0 Å². The fraction of sp³-hybridized carbons (Fsp3) is 0.385. The third-order valence-corrected chi connectivity index (χ3v) is 5.38. The molecule has 2 aromatic carbocycles. The van der Waals surface area contributed by atoms with Gasteiger partial charge >= 0.3 is 0 Å². The van der Waals surface area contributed by atoms with E-state index in [2.05, 4.69) is 85.8 Å². The van der Waals surface area contributed by atoms with Gasteiger partial charge < -0.3 is 35.5 Å². The average molecular weight is 458 g/mol. The lowest BCUT2D eigenvalue weighted by molar-refractivity contribution is -0.123. The van der Waals surface area contributed by atoms with Crippen LogP contribution in [0.2, 0.25) is 0 Å². The van der Waals surface area contributed by atoms with Gasteiger partial charge in [-0.05, 0) is 48.3 Å². The van der Waals surface area contributed by atoms with Crippen LogP contribution in [0, 0.1) is 0 Å². The van der Waals surface area contributed by atoms with Crippen molar-refractivity contribution in [1.29, 1.82) is 0 Å². The van der Waals surface area contributed by atoms with Crippen molar-refractivity contribution in [3.05, 3.63) is 76.9 Å². The molecule has 1 aliphatic rings. The van der Waals surface area contributed by atoms with E-state index in [9.17, 15) is 0 Å². The Balaban J connectivity index is 0.000000277. The zero-order valence-electron chi connectivity index (χ0n) is 19.1. The maximum atomic E-state index is 8.96. The summed E-state index contributed by atoms with van der Waals surface area (Å²) in [4.78, 5) is 2.23. The molecule has 7 heteroatoms. The summed E-state index contributed by atoms with van der Waals surface area (Å²) in [5.74, 6) is 0. The minimum atomic E-state index is -1.67. The van der Waals surface area contributed by atoms with E-state index in [0.29, 0.717) is 0 Å². The number of fused-ring (bicyclic) bond motifs is 2. The van der Waals surface area contributed by atoms with E-state index in [1.165, 1.54) is 27.8 Å². The van der Waals surface area contributed by atoms with E-state index in [4.69, 9.17) is 30.6 Å². The minimum Gasteiger partial charge on any atom is -0.394 e. The van der Waals surface area contributed by atoms with Crippen LogP contribution in [0.3, 0.4) is 0 Å². The Morgan fingerprint density at radius 2 is 1.15 bits per heavy atom. The molecule has 0 aliphatic heterocycles. The van der Waals surface area contributed by atoms with E-state index in [1.54, 1.807) is 0 Å². The van der Waals surface area contributed by atoms with Crippen LogP contribution in [-0.2, 0) is 0 Å². The molecule has 2 aromatic rings. The van der Waals surface area contributed by atoms with Gasteiger partial charge in [0.15, 0.2) is 0 Å². The second-order valence-corrected chi connectivity index (χ2v) is 8.20. The number of rotatable bonds is 8. The Kier molecular flexibility index (Phi) is 10.9. The number of aliphatic hydroxyl groups excluding tert-OH is 6. The third-order valence-electron chi connectivity index (χ3n) is 5.38. The van der Waals surface area contributed by atoms with Gasteiger partial charge in [-0.25, -0.2) is 0 Å². The first-order valence-electron chi connectivity index (χ1n) is 11.0. The fourth-order valence-electron chi connectivity index (χ4n) is 3.46. The van der Waals surface area contributed by atoms with Gasteiger partial charge in [-0.15, -0.1) is 0 Å². The number of benzene rings is 2. The Labute approximate surface area is 195 Å². The van der Waals surface area contributed by atoms with Gasteiger partial charge in [-0.2, -0.15) is 0 Å². The van der Waals surface area contributed by atoms with Crippen LogP contribution < -0.4 is 0 Å². The Morgan fingerprint density at radius 3 is 1.55 bits per heavy atom. The van der Waals surface area contributed by atoms with E-state index in [-0.39, 0.29) is 0 Å². The van der Waals surface area contributed by atoms with Gasteiger partial charge in [-0.1, -0.05) is 66.8 Å². The Hall–Kier alpha value is -2.36. The molecule has 0 unspecified atom stereocenters. The summed E-state index contributed by atoms with van der Waals surface area (Å²) in [6.45, 7) is -0.381. The molecule has 0 bridgehead atoms. The summed E-state index contributed by atoms with van der Waals surface area (Å²) in [7, 11) is 4.24. The van der Waals surface area contributed by atoms with E-state index in [0.717, 1.165) is 13.0 Å². The number of aliphatic hydroxyl groups is 6. The number of hydrogen-bond acceptors (Lipinski definition) is 7. The van der Waals surface area contributed by atoms with Crippen LogP contribution in [-0.4, -0.2) is 93.8 Å². The molecule has 33 heavy (non-hydrogen) atoms. The highest BCUT2D eigenvalue weighted by Gasteiger charge is 2.29. The topological polar surface area (TPSA) is 125 Å². The molecule has 3 rings (SSSR count). The van der Waals surface area contributed by atoms with Crippen LogP contribution in [0.15, 0.2) is 54.6 Å². The first kappa shape index (κ1) is 26.9. The summed E-state index contributed by atoms with van der Waals surface area (Å²) >= 11 is 0. The molecule has 0 amide bonds. The normalized spacial score (nSPS) is 16.0. The molecule has 0 fully saturated rings. The van der Waals surface area contributed by atoms with Crippen LogP contribution in [0.25, 0.3) is 17.7 Å². The highest BCUT2D eigenvalue weighted by atomic mass is 16.4. The Bertz CT molecular complexity index is 861. The zero-order valence-corrected chi connectivity index (χ0v) is 19.1. The van der Waals surface area contributed by atoms with E-state index >= 15 is 0 Å². The molecule has 0 saturated carbocycles. The number of nitrogens with zero attached hydrogens (tertiary/aromatic N) is 1. The van der Waals surface area contributed by atoms with Crippen molar-refractivity contribution < 1.29 is 30.6 Å². The smallest absolute Gasteiger partial charge is 0.111 e. The summed E-state index contributed by atoms with van der Waals surface area (Å²) in [5, 5.41) is 52.2. The van der Waals surface area contributed by atoms with Crippen LogP contribution in [0.1, 0.15) is 28.7 Å². The first-order chi connectivity index (χ1) is 15.8. The van der Waals surface area contributed by atoms with Gasteiger partial charge in [0.2, 0.25) is 0 Å². The predicted octanol–water partition coefficient (Wildman–Crippen LogP) is 0.968. The largest absolute Gasteiger partial charge is 0.394 e. The molecule has 0 radical (unpaired) electrons. The molecule has 6 N–H and O–H groups in total. The minimum absolute atomic E-state index is 0.726. The predicted molar refractivity (Wildman–Crippen MR) is 130 cm³/mol. The second kappa shape index (κ2) is 13.4. The lowest BCUT2D eigenvalue weighted by Crippen LogP contribution is -2.46. The Morgan fingerprint density at radius 1 is 0.727 bits per heavy atom. The summed E-state index contributed by atoms with van der Waals surface area (Å²) in [6, 6.07) is 17.3. The molecular weight excluding hydrogens is 422 g/mol.